The van der Waals surface area contributed by atoms with Gasteiger partial charge in [-0.25, -0.2) is 0 Å². The molecule has 0 fully saturated rings. The smallest absolute Gasteiger partial charge is 0.177 e. The maximum Gasteiger partial charge on any atom is 0.177 e. The van der Waals surface area contributed by atoms with E-state index in [2.05, 4.69) is 15.9 Å². The fraction of sp³-hybridized carbons (Fsp3) is 0.300. The summed E-state index contributed by atoms with van der Waals surface area (Å²) in [6.07, 6.45) is 0. The van der Waals surface area contributed by atoms with Crippen LogP contribution < -0.4 is 0 Å². The fourth-order valence-corrected chi connectivity index (χ4v) is 1.61. The molecule has 0 spiro atoms. The Kier molecular flexibility index (Phi) is 3.51. The molecule has 0 aliphatic rings. The van der Waals surface area contributed by atoms with Crippen molar-refractivity contribution in [2.45, 2.75) is 18.7 Å². The SMILES string of the molecule is Cc1ccc(C(=O)C(C)Br)c(Cl)c1. The van der Waals surface area contributed by atoms with E-state index in [1.54, 1.807) is 19.1 Å². The summed E-state index contributed by atoms with van der Waals surface area (Å²) in [6, 6.07) is 5.44. The molecule has 0 aliphatic heterocycles. The summed E-state index contributed by atoms with van der Waals surface area (Å²) in [5.41, 5.74) is 1.64. The molecular weight excluding hydrogens is 251 g/mol. The van der Waals surface area contributed by atoms with Gasteiger partial charge in [-0.1, -0.05) is 33.6 Å². The number of alkyl halides is 1. The summed E-state index contributed by atoms with van der Waals surface area (Å²) in [5, 5.41) is 0.524. The van der Waals surface area contributed by atoms with E-state index in [1.807, 2.05) is 13.0 Å². The summed E-state index contributed by atoms with van der Waals surface area (Å²) in [7, 11) is 0. The lowest BCUT2D eigenvalue weighted by molar-refractivity contribution is 0.0996. The van der Waals surface area contributed by atoms with Crippen LogP contribution in [-0.2, 0) is 0 Å². The maximum atomic E-state index is 11.5. The van der Waals surface area contributed by atoms with Crippen LogP contribution in [0.25, 0.3) is 0 Å². The fourth-order valence-electron chi connectivity index (χ4n) is 1.03. The largest absolute Gasteiger partial charge is 0.293 e. The van der Waals surface area contributed by atoms with Gasteiger partial charge in [0.25, 0.3) is 0 Å². The van der Waals surface area contributed by atoms with Crippen LogP contribution in [0.3, 0.4) is 0 Å². The molecule has 0 amide bonds. The lowest BCUT2D eigenvalue weighted by atomic mass is 10.1. The molecule has 1 aromatic carbocycles. The van der Waals surface area contributed by atoms with Gasteiger partial charge in [-0.15, -0.1) is 0 Å². The zero-order valence-corrected chi connectivity index (χ0v) is 9.82. The summed E-state index contributed by atoms with van der Waals surface area (Å²) in [6.45, 7) is 3.73. The first kappa shape index (κ1) is 10.7. The second-order valence-corrected chi connectivity index (χ2v) is 4.74. The molecule has 1 rings (SSSR count). The van der Waals surface area contributed by atoms with Crippen molar-refractivity contribution in [3.05, 3.63) is 34.3 Å². The van der Waals surface area contributed by atoms with Crippen molar-refractivity contribution in [1.29, 1.82) is 0 Å². The van der Waals surface area contributed by atoms with E-state index in [4.69, 9.17) is 11.6 Å². The Morgan fingerprint density at radius 1 is 1.54 bits per heavy atom. The number of rotatable bonds is 2. The monoisotopic (exact) mass is 260 g/mol. The summed E-state index contributed by atoms with van der Waals surface area (Å²) in [5.74, 6) is 0.0185. The molecule has 1 nitrogen and oxygen atoms in total. The Morgan fingerprint density at radius 2 is 2.15 bits per heavy atom. The molecule has 0 saturated carbocycles. The molecule has 13 heavy (non-hydrogen) atoms. The Labute approximate surface area is 91.2 Å². The minimum atomic E-state index is -0.187. The number of carbonyl (C=O) groups is 1. The van der Waals surface area contributed by atoms with Crippen LogP contribution in [-0.4, -0.2) is 10.6 Å². The van der Waals surface area contributed by atoms with Crippen molar-refractivity contribution < 1.29 is 4.79 Å². The minimum absolute atomic E-state index is 0.0185. The summed E-state index contributed by atoms with van der Waals surface area (Å²) in [4.78, 5) is 11.4. The van der Waals surface area contributed by atoms with E-state index >= 15 is 0 Å². The molecule has 3 heteroatoms. The number of hydrogen-bond acceptors (Lipinski definition) is 1. The number of carbonyl (C=O) groups excluding carboxylic acids is 1. The molecule has 0 N–H and O–H groups in total. The van der Waals surface area contributed by atoms with Gasteiger partial charge >= 0.3 is 0 Å². The molecule has 0 bridgehead atoms. The zero-order valence-electron chi connectivity index (χ0n) is 7.47. The van der Waals surface area contributed by atoms with Crippen LogP contribution in [0.15, 0.2) is 18.2 Å². The predicted octanol–water partition coefficient (Wildman–Crippen LogP) is 3.61. The van der Waals surface area contributed by atoms with Gasteiger partial charge in [-0.3, -0.25) is 4.79 Å². The van der Waals surface area contributed by atoms with E-state index in [-0.39, 0.29) is 10.6 Å². The highest BCUT2D eigenvalue weighted by molar-refractivity contribution is 9.10. The van der Waals surface area contributed by atoms with Gasteiger partial charge in [0.15, 0.2) is 5.78 Å². The summed E-state index contributed by atoms with van der Waals surface area (Å²) < 4.78 is 0. The third-order valence-corrected chi connectivity index (χ3v) is 2.48. The van der Waals surface area contributed by atoms with Crippen molar-refractivity contribution in [3.63, 3.8) is 0 Å². The summed E-state index contributed by atoms with van der Waals surface area (Å²) >= 11 is 9.15. The maximum absolute atomic E-state index is 11.5. The molecule has 0 heterocycles. The molecular formula is C10H10BrClO. The molecule has 0 aromatic heterocycles. The standard InChI is InChI=1S/C10H10BrClO/c1-6-3-4-8(9(12)5-6)10(13)7(2)11/h3-5,7H,1-2H3. The van der Waals surface area contributed by atoms with Gasteiger partial charge < -0.3 is 0 Å². The van der Waals surface area contributed by atoms with E-state index in [0.717, 1.165) is 5.56 Å². The van der Waals surface area contributed by atoms with Crippen LogP contribution in [0.4, 0.5) is 0 Å². The van der Waals surface area contributed by atoms with Crippen molar-refractivity contribution in [2.75, 3.05) is 0 Å². The number of ketones is 1. The quantitative estimate of drug-likeness (QED) is 0.587. The van der Waals surface area contributed by atoms with Crippen LogP contribution in [0, 0.1) is 6.92 Å². The Balaban J connectivity index is 3.09. The van der Waals surface area contributed by atoms with Crippen molar-refractivity contribution in [3.8, 4) is 0 Å². The van der Waals surface area contributed by atoms with Gasteiger partial charge in [0.2, 0.25) is 0 Å². The number of halogens is 2. The predicted molar refractivity (Wildman–Crippen MR) is 58.9 cm³/mol. The molecule has 0 radical (unpaired) electrons. The van der Waals surface area contributed by atoms with Gasteiger partial charge in [0.05, 0.1) is 9.85 Å². The second-order valence-electron chi connectivity index (χ2n) is 2.96. The molecule has 1 atom stereocenters. The van der Waals surface area contributed by atoms with E-state index in [1.165, 1.54) is 0 Å². The Morgan fingerprint density at radius 3 is 2.62 bits per heavy atom. The topological polar surface area (TPSA) is 17.1 Å². The van der Waals surface area contributed by atoms with E-state index in [9.17, 15) is 4.79 Å². The molecule has 70 valence electrons. The van der Waals surface area contributed by atoms with Gasteiger partial charge in [-0.05, 0) is 31.5 Å². The molecule has 0 saturated heterocycles. The van der Waals surface area contributed by atoms with Crippen LogP contribution in [0.5, 0.6) is 0 Å². The highest BCUT2D eigenvalue weighted by atomic mass is 79.9. The third-order valence-electron chi connectivity index (χ3n) is 1.75. The Bertz CT molecular complexity index is 334. The second kappa shape index (κ2) is 4.25. The van der Waals surface area contributed by atoms with Gasteiger partial charge in [0, 0.05) is 5.56 Å². The van der Waals surface area contributed by atoms with E-state index < -0.39 is 0 Å². The first-order chi connectivity index (χ1) is 6.02. The number of aryl methyl sites for hydroxylation is 1. The normalized spacial score (nSPS) is 12.6. The lowest BCUT2D eigenvalue weighted by Crippen LogP contribution is -2.10. The third kappa shape index (κ3) is 2.55. The first-order valence-electron chi connectivity index (χ1n) is 3.97. The average molecular weight is 262 g/mol. The molecule has 1 aromatic rings. The van der Waals surface area contributed by atoms with E-state index in [0.29, 0.717) is 10.6 Å². The highest BCUT2D eigenvalue weighted by Crippen LogP contribution is 2.20. The van der Waals surface area contributed by atoms with Gasteiger partial charge in [-0.2, -0.15) is 0 Å². The number of Topliss-reactive ketones (excluding diaryl/α,β-unsaturated/α-hetero) is 1. The van der Waals surface area contributed by atoms with Crippen LogP contribution in [0.2, 0.25) is 5.02 Å². The van der Waals surface area contributed by atoms with Gasteiger partial charge in [0.1, 0.15) is 0 Å². The number of benzene rings is 1. The Hall–Kier alpha value is -0.340. The molecule has 1 unspecified atom stereocenters. The zero-order chi connectivity index (χ0) is 10.0. The van der Waals surface area contributed by atoms with Crippen molar-refractivity contribution in [2.24, 2.45) is 0 Å². The first-order valence-corrected chi connectivity index (χ1v) is 5.26. The van der Waals surface area contributed by atoms with Crippen LogP contribution >= 0.6 is 27.5 Å². The highest BCUT2D eigenvalue weighted by Gasteiger charge is 2.14. The van der Waals surface area contributed by atoms with Crippen molar-refractivity contribution >= 4 is 33.3 Å². The average Bonchev–Trinajstić information content (AvgIpc) is 2.03. The number of hydrogen-bond donors (Lipinski definition) is 0. The van der Waals surface area contributed by atoms with Crippen LogP contribution in [0.1, 0.15) is 22.8 Å². The molecule has 0 aliphatic carbocycles. The lowest BCUT2D eigenvalue weighted by Gasteiger charge is -2.05. The van der Waals surface area contributed by atoms with Crippen molar-refractivity contribution in [1.82, 2.24) is 0 Å². The minimum Gasteiger partial charge on any atom is -0.293 e.